The van der Waals surface area contributed by atoms with E-state index in [1.165, 1.54) is 116 Å². The summed E-state index contributed by atoms with van der Waals surface area (Å²) in [7, 11) is 0. The first-order valence-electron chi connectivity index (χ1n) is 17.3. The molecule has 0 radical (unpaired) electrons. The number of nitrogens with zero attached hydrogens (tertiary/aromatic N) is 2. The molecule has 6 aromatic carbocycles. The molecule has 2 aliphatic heterocycles. The molecule has 0 unspecified atom stereocenters. The average molecular weight is 597 g/mol. The summed E-state index contributed by atoms with van der Waals surface area (Å²) in [6.45, 7) is 9.11. The zero-order valence-corrected chi connectivity index (χ0v) is 26.6. The van der Waals surface area contributed by atoms with Crippen molar-refractivity contribution < 1.29 is 0 Å². The van der Waals surface area contributed by atoms with Crippen molar-refractivity contribution in [3.8, 4) is 33.4 Å². The van der Waals surface area contributed by atoms with Crippen molar-refractivity contribution >= 4 is 38.5 Å². The first-order chi connectivity index (χ1) is 22.8. The molecule has 0 bridgehead atoms. The largest absolute Gasteiger partial charge is 0.372 e. The summed E-state index contributed by atoms with van der Waals surface area (Å²) >= 11 is 0. The van der Waals surface area contributed by atoms with E-state index in [-0.39, 0.29) is 0 Å². The minimum absolute atomic E-state index is 1.13. The summed E-state index contributed by atoms with van der Waals surface area (Å²) in [5, 5.41) is 5.33. The van der Waals surface area contributed by atoms with Crippen molar-refractivity contribution in [1.82, 2.24) is 0 Å². The highest BCUT2D eigenvalue weighted by Gasteiger charge is 2.28. The standard InChI is InChI=1S/C44H40N2/c1-30-34-16-7-8-17-36(34)43-35(30)18-13-19-39(43)44-38-23-21-32(45-24-9-3-10-25-45)28-40(38)42(31-14-5-2-6-15-31)37-22-20-33(29-41(37)44)46-26-11-4-12-27-46/h2,5-8,13-23,28-29H,1,3-4,9-12,24-27H2. The van der Waals surface area contributed by atoms with Crippen molar-refractivity contribution in [3.05, 3.63) is 127 Å². The highest BCUT2D eigenvalue weighted by atomic mass is 15.1. The molecule has 0 amide bonds. The van der Waals surface area contributed by atoms with Gasteiger partial charge < -0.3 is 9.80 Å². The predicted molar refractivity (Wildman–Crippen MR) is 198 cm³/mol. The fraction of sp³-hybridized carbons (Fsp3) is 0.227. The molecule has 0 N–H and O–H groups in total. The lowest BCUT2D eigenvalue weighted by molar-refractivity contribution is 0.578. The third-order valence-corrected chi connectivity index (χ3v) is 10.8. The Morgan fingerprint density at radius 3 is 1.57 bits per heavy atom. The highest BCUT2D eigenvalue weighted by Crippen LogP contribution is 2.52. The lowest BCUT2D eigenvalue weighted by atomic mass is 9.83. The molecule has 46 heavy (non-hydrogen) atoms. The van der Waals surface area contributed by atoms with Crippen LogP contribution in [0.1, 0.15) is 49.7 Å². The highest BCUT2D eigenvalue weighted by molar-refractivity contribution is 6.24. The number of anilines is 2. The van der Waals surface area contributed by atoms with Crippen LogP contribution in [0.25, 0.3) is 60.5 Å². The lowest BCUT2D eigenvalue weighted by Gasteiger charge is -2.30. The number of piperidine rings is 2. The predicted octanol–water partition coefficient (Wildman–Crippen LogP) is 11.3. The number of benzene rings is 6. The summed E-state index contributed by atoms with van der Waals surface area (Å²) in [5.41, 5.74) is 14.2. The van der Waals surface area contributed by atoms with E-state index in [0.29, 0.717) is 0 Å². The molecular weight excluding hydrogens is 556 g/mol. The maximum absolute atomic E-state index is 4.58. The van der Waals surface area contributed by atoms with Gasteiger partial charge in [0.15, 0.2) is 0 Å². The number of hydrogen-bond acceptors (Lipinski definition) is 2. The first kappa shape index (κ1) is 27.5. The topological polar surface area (TPSA) is 6.48 Å². The average Bonchev–Trinajstić information content (AvgIpc) is 3.43. The third-order valence-electron chi connectivity index (χ3n) is 10.8. The van der Waals surface area contributed by atoms with E-state index >= 15 is 0 Å². The van der Waals surface area contributed by atoms with E-state index in [1.807, 2.05) is 0 Å². The molecule has 2 saturated heterocycles. The Kier molecular flexibility index (Phi) is 6.70. The van der Waals surface area contributed by atoms with Crippen LogP contribution in [0.15, 0.2) is 116 Å². The first-order valence-corrected chi connectivity index (χ1v) is 17.3. The molecule has 1 aliphatic carbocycles. The smallest absolute Gasteiger partial charge is 0.0372 e. The molecule has 0 atom stereocenters. The summed E-state index contributed by atoms with van der Waals surface area (Å²) < 4.78 is 0. The van der Waals surface area contributed by atoms with Crippen molar-refractivity contribution in [3.63, 3.8) is 0 Å². The van der Waals surface area contributed by atoms with Crippen LogP contribution in [0, 0.1) is 0 Å². The molecule has 0 saturated carbocycles. The van der Waals surface area contributed by atoms with Gasteiger partial charge in [-0.05, 0) is 134 Å². The summed E-state index contributed by atoms with van der Waals surface area (Å²) in [4.78, 5) is 5.20. The molecule has 6 aromatic rings. The normalized spacial score (nSPS) is 16.2. The quantitative estimate of drug-likeness (QED) is 0.187. The Morgan fingerprint density at radius 1 is 0.391 bits per heavy atom. The maximum atomic E-state index is 4.58. The van der Waals surface area contributed by atoms with Gasteiger partial charge in [-0.2, -0.15) is 0 Å². The third kappa shape index (κ3) is 4.38. The second-order valence-electron chi connectivity index (χ2n) is 13.4. The van der Waals surface area contributed by atoms with E-state index in [1.54, 1.807) is 0 Å². The zero-order valence-electron chi connectivity index (χ0n) is 26.6. The van der Waals surface area contributed by atoms with Gasteiger partial charge >= 0.3 is 0 Å². The van der Waals surface area contributed by atoms with Gasteiger partial charge in [-0.15, -0.1) is 0 Å². The molecule has 3 aliphatic rings. The van der Waals surface area contributed by atoms with Crippen LogP contribution in [0.5, 0.6) is 0 Å². The van der Waals surface area contributed by atoms with Gasteiger partial charge in [0, 0.05) is 37.6 Å². The van der Waals surface area contributed by atoms with Gasteiger partial charge in [0.1, 0.15) is 0 Å². The number of rotatable bonds is 4. The van der Waals surface area contributed by atoms with Crippen LogP contribution in [0.4, 0.5) is 11.4 Å². The molecular formula is C44H40N2. The molecule has 9 rings (SSSR count). The van der Waals surface area contributed by atoms with E-state index in [4.69, 9.17) is 0 Å². The Bertz CT molecular complexity index is 2130. The van der Waals surface area contributed by atoms with Gasteiger partial charge in [0.2, 0.25) is 0 Å². The van der Waals surface area contributed by atoms with E-state index < -0.39 is 0 Å². The fourth-order valence-electron chi connectivity index (χ4n) is 8.52. The SMILES string of the molecule is C=C1c2ccccc2-c2c1cccc2-c1c2ccc(N3CCCCC3)cc2c(-c2ccccc2)c2ccc(N3CCCCC3)cc12. The number of fused-ring (bicyclic) bond motifs is 5. The summed E-state index contributed by atoms with van der Waals surface area (Å²) in [6, 6.07) is 41.4. The van der Waals surface area contributed by atoms with Gasteiger partial charge in [0.25, 0.3) is 0 Å². The molecule has 2 heteroatoms. The Hall–Kier alpha value is -4.82. The van der Waals surface area contributed by atoms with E-state index in [9.17, 15) is 0 Å². The number of hydrogen-bond donors (Lipinski definition) is 0. The van der Waals surface area contributed by atoms with Crippen molar-refractivity contribution in [2.75, 3.05) is 36.0 Å². The lowest BCUT2D eigenvalue weighted by Crippen LogP contribution is -2.29. The van der Waals surface area contributed by atoms with Crippen LogP contribution >= 0.6 is 0 Å². The second-order valence-corrected chi connectivity index (χ2v) is 13.4. The molecule has 0 aromatic heterocycles. The molecule has 2 nitrogen and oxygen atoms in total. The van der Waals surface area contributed by atoms with Crippen LogP contribution in [-0.2, 0) is 0 Å². The monoisotopic (exact) mass is 596 g/mol. The minimum atomic E-state index is 1.13. The van der Waals surface area contributed by atoms with Gasteiger partial charge in [-0.1, -0.05) is 91.5 Å². The molecule has 2 fully saturated rings. The zero-order chi connectivity index (χ0) is 30.6. The fourth-order valence-corrected chi connectivity index (χ4v) is 8.52. The molecule has 0 spiro atoms. The minimum Gasteiger partial charge on any atom is -0.372 e. The van der Waals surface area contributed by atoms with Crippen molar-refractivity contribution in [1.29, 1.82) is 0 Å². The van der Waals surface area contributed by atoms with Crippen molar-refractivity contribution in [2.24, 2.45) is 0 Å². The van der Waals surface area contributed by atoms with E-state index in [2.05, 4.69) is 126 Å². The van der Waals surface area contributed by atoms with Gasteiger partial charge in [-0.3, -0.25) is 0 Å². The van der Waals surface area contributed by atoms with Crippen LogP contribution in [0.3, 0.4) is 0 Å². The van der Waals surface area contributed by atoms with Crippen LogP contribution in [0.2, 0.25) is 0 Å². The Balaban J connectivity index is 1.41. The Morgan fingerprint density at radius 2 is 0.913 bits per heavy atom. The summed E-state index contributed by atoms with van der Waals surface area (Å²) in [5.74, 6) is 0. The molecule has 226 valence electrons. The van der Waals surface area contributed by atoms with E-state index in [0.717, 1.165) is 31.8 Å². The van der Waals surface area contributed by atoms with Gasteiger partial charge in [-0.25, -0.2) is 0 Å². The maximum Gasteiger partial charge on any atom is 0.0372 e. The second kappa shape index (κ2) is 11.2. The summed E-state index contributed by atoms with van der Waals surface area (Å²) in [6.07, 6.45) is 7.73. The Labute approximate surface area is 272 Å². The van der Waals surface area contributed by atoms with Gasteiger partial charge in [0.05, 0.1) is 0 Å². The molecule has 2 heterocycles. The van der Waals surface area contributed by atoms with Crippen LogP contribution in [-0.4, -0.2) is 26.2 Å². The van der Waals surface area contributed by atoms with Crippen LogP contribution < -0.4 is 9.80 Å². The van der Waals surface area contributed by atoms with Crippen molar-refractivity contribution in [2.45, 2.75) is 38.5 Å².